The number of benzene rings is 1. The van der Waals surface area contributed by atoms with E-state index in [2.05, 4.69) is 25.6 Å². The Bertz CT molecular complexity index is 962. The van der Waals surface area contributed by atoms with Crippen LogP contribution in [0, 0.1) is 43.7 Å². The van der Waals surface area contributed by atoms with Crippen molar-refractivity contribution in [3.8, 4) is 16.9 Å². The van der Waals surface area contributed by atoms with Gasteiger partial charge in [0.05, 0.1) is 5.39 Å². The van der Waals surface area contributed by atoms with Crippen LogP contribution in [0.2, 0.25) is 0 Å². The molecule has 1 saturated carbocycles. The normalized spacial score (nSPS) is 22.1. The van der Waals surface area contributed by atoms with E-state index >= 15 is 0 Å². The van der Waals surface area contributed by atoms with Crippen molar-refractivity contribution in [3.05, 3.63) is 36.8 Å². The van der Waals surface area contributed by atoms with E-state index in [1.807, 2.05) is 12.1 Å². The number of hydrogen-bond donors (Lipinski definition) is 2. The molecule has 3 aromatic rings. The molecular formula is C20H23ArN5O. The third-order valence-corrected chi connectivity index (χ3v) is 5.87. The standard InChI is InChI=1S/C20H23N5O.Ar/c21-19-18-17(14-3-1-4-16(26)9-14)11-25(20(18)23-12-22-19)15-7-13(8-15)10-24-5-2-6-24;/h1,3-4,9,11-13,15,26H,2,5-8,10H2,(H2,21,22,23);. The predicted molar refractivity (Wildman–Crippen MR) is 102 cm³/mol. The Morgan fingerprint density at radius 2 is 2.00 bits per heavy atom. The van der Waals surface area contributed by atoms with Gasteiger partial charge >= 0.3 is 0 Å². The van der Waals surface area contributed by atoms with Crippen molar-refractivity contribution in [2.45, 2.75) is 25.3 Å². The molecular weight excluding hydrogens is 366 g/mol. The van der Waals surface area contributed by atoms with Crippen LogP contribution in [0.4, 0.5) is 5.82 Å². The zero-order chi connectivity index (χ0) is 17.7. The van der Waals surface area contributed by atoms with Crippen LogP contribution in [0.1, 0.15) is 25.3 Å². The van der Waals surface area contributed by atoms with Gasteiger partial charge in [0.25, 0.3) is 0 Å². The number of aromatic nitrogens is 3. The molecule has 3 N–H and O–H groups in total. The van der Waals surface area contributed by atoms with Crippen LogP contribution >= 0.6 is 0 Å². The number of nitrogen functional groups attached to an aromatic ring is 1. The van der Waals surface area contributed by atoms with Gasteiger partial charge in [-0.3, -0.25) is 0 Å². The molecule has 6 nitrogen and oxygen atoms in total. The van der Waals surface area contributed by atoms with Gasteiger partial charge in [0.15, 0.2) is 0 Å². The maximum atomic E-state index is 9.86. The molecule has 1 saturated heterocycles. The average Bonchev–Trinajstić information content (AvgIpc) is 2.93. The zero-order valence-electron chi connectivity index (χ0n) is 15.0. The second-order valence-electron chi connectivity index (χ2n) is 7.60. The van der Waals surface area contributed by atoms with Gasteiger partial charge in [-0.15, -0.1) is 0 Å². The van der Waals surface area contributed by atoms with Crippen molar-refractivity contribution in [2.24, 2.45) is 5.92 Å². The van der Waals surface area contributed by atoms with Gasteiger partial charge in [-0.05, 0) is 56.0 Å². The van der Waals surface area contributed by atoms with E-state index in [1.54, 1.807) is 12.1 Å². The summed E-state index contributed by atoms with van der Waals surface area (Å²) in [6.45, 7) is 3.75. The van der Waals surface area contributed by atoms with Crippen molar-refractivity contribution in [1.29, 1.82) is 0 Å². The van der Waals surface area contributed by atoms with Crippen LogP contribution < -0.4 is 5.73 Å². The fourth-order valence-corrected chi connectivity index (χ4v) is 4.29. The minimum atomic E-state index is 0. The number of rotatable bonds is 4. The summed E-state index contributed by atoms with van der Waals surface area (Å²) in [6.07, 6.45) is 7.39. The molecule has 0 spiro atoms. The van der Waals surface area contributed by atoms with Gasteiger partial charge in [-0.2, -0.15) is 0 Å². The van der Waals surface area contributed by atoms with Crippen molar-refractivity contribution < 1.29 is 42.8 Å². The van der Waals surface area contributed by atoms with E-state index in [1.165, 1.54) is 45.2 Å². The Labute approximate surface area is 188 Å². The summed E-state index contributed by atoms with van der Waals surface area (Å²) >= 11 is 0. The topological polar surface area (TPSA) is 80.2 Å². The van der Waals surface area contributed by atoms with E-state index in [4.69, 9.17) is 5.73 Å². The summed E-state index contributed by atoms with van der Waals surface area (Å²) < 4.78 is 2.26. The molecule has 0 atom stereocenters. The Morgan fingerprint density at radius 3 is 2.70 bits per heavy atom. The number of nitrogens with two attached hydrogens (primary N) is 1. The first kappa shape index (κ1) is 19.0. The van der Waals surface area contributed by atoms with Gasteiger partial charge in [0.1, 0.15) is 23.5 Å². The first-order valence-electron chi connectivity index (χ1n) is 9.32. The maximum absolute atomic E-state index is 9.86. The molecule has 1 aromatic carbocycles. The molecule has 2 fully saturated rings. The number of fused-ring (bicyclic) bond motifs is 1. The van der Waals surface area contributed by atoms with Gasteiger partial charge in [0, 0.05) is 62.1 Å². The molecule has 1 aliphatic carbocycles. The van der Waals surface area contributed by atoms with E-state index in [0.717, 1.165) is 28.1 Å². The van der Waals surface area contributed by atoms with Crippen LogP contribution in [-0.2, 0) is 0 Å². The van der Waals surface area contributed by atoms with Gasteiger partial charge in [-0.1, -0.05) is 12.1 Å². The SMILES string of the molecule is Nc1ncnc2c1c(-c1cccc(O)c1)cn2C1CC(CN2CCC2)C1.[Ar]. The summed E-state index contributed by atoms with van der Waals surface area (Å²) in [4.78, 5) is 11.3. The largest absolute Gasteiger partial charge is 0.508 e. The van der Waals surface area contributed by atoms with E-state index in [-0.39, 0.29) is 43.5 Å². The van der Waals surface area contributed by atoms with Crippen LogP contribution in [0.5, 0.6) is 5.75 Å². The monoisotopic (exact) mass is 389 g/mol. The van der Waals surface area contributed by atoms with Crippen molar-refractivity contribution in [1.82, 2.24) is 19.4 Å². The third-order valence-electron chi connectivity index (χ3n) is 5.87. The molecule has 7 heteroatoms. The quantitative estimate of drug-likeness (QED) is 0.717. The fourth-order valence-electron chi connectivity index (χ4n) is 4.29. The first-order chi connectivity index (χ1) is 12.7. The molecule has 3 heterocycles. The zero-order valence-corrected chi connectivity index (χ0v) is 15.7. The fraction of sp³-hybridized carbons (Fsp3) is 0.400. The van der Waals surface area contributed by atoms with E-state index < -0.39 is 0 Å². The Balaban J connectivity index is 0.00000180. The van der Waals surface area contributed by atoms with Crippen molar-refractivity contribution >= 4 is 16.9 Å². The number of hydrogen-bond acceptors (Lipinski definition) is 5. The summed E-state index contributed by atoms with van der Waals surface area (Å²) in [5.74, 6) is 1.52. The summed E-state index contributed by atoms with van der Waals surface area (Å²) in [7, 11) is 0. The third kappa shape index (κ3) is 3.44. The predicted octanol–water partition coefficient (Wildman–Crippen LogP) is 3.04. The minimum Gasteiger partial charge on any atom is -0.508 e. The second kappa shape index (κ2) is 7.59. The van der Waals surface area contributed by atoms with Crippen LogP contribution in [-0.4, -0.2) is 44.2 Å². The molecule has 0 bridgehead atoms. The van der Waals surface area contributed by atoms with E-state index in [0.29, 0.717) is 11.9 Å². The van der Waals surface area contributed by atoms with E-state index in [9.17, 15) is 5.11 Å². The molecule has 2 aliphatic rings. The number of anilines is 1. The van der Waals surface area contributed by atoms with Crippen LogP contribution in [0.3, 0.4) is 0 Å². The number of nitrogens with zero attached hydrogens (tertiary/aromatic N) is 4. The molecule has 142 valence electrons. The molecule has 0 unspecified atom stereocenters. The van der Waals surface area contributed by atoms with Crippen LogP contribution in [0.15, 0.2) is 36.8 Å². The Hall–Kier alpha value is -1.34. The minimum absolute atomic E-state index is 0. The molecule has 2 aromatic heterocycles. The summed E-state index contributed by atoms with van der Waals surface area (Å²) in [5, 5.41) is 10.7. The number of phenols is 1. The molecule has 5 rings (SSSR count). The Kier molecular flexibility index (Phi) is 5.34. The van der Waals surface area contributed by atoms with Gasteiger partial charge in [-0.25, -0.2) is 9.97 Å². The van der Waals surface area contributed by atoms with Crippen molar-refractivity contribution in [3.63, 3.8) is 0 Å². The van der Waals surface area contributed by atoms with Crippen LogP contribution in [0.25, 0.3) is 22.2 Å². The summed E-state index contributed by atoms with van der Waals surface area (Å²) in [6, 6.07) is 7.73. The first-order valence-corrected chi connectivity index (χ1v) is 9.32. The smallest absolute Gasteiger partial charge is 0.146 e. The molecule has 1 aliphatic heterocycles. The average molecular weight is 389 g/mol. The van der Waals surface area contributed by atoms with Crippen molar-refractivity contribution in [2.75, 3.05) is 25.4 Å². The number of likely N-dealkylation sites (tertiary alicyclic amines) is 1. The second-order valence-corrected chi connectivity index (χ2v) is 7.60. The Morgan fingerprint density at radius 1 is 1.19 bits per heavy atom. The van der Waals surface area contributed by atoms with Gasteiger partial charge < -0.3 is 20.3 Å². The molecule has 0 radical (unpaired) electrons. The maximum Gasteiger partial charge on any atom is 0.146 e. The number of phenolic OH excluding ortho intramolecular Hbond substituents is 1. The number of aromatic hydroxyl groups is 1. The van der Waals surface area contributed by atoms with Gasteiger partial charge in [0.2, 0.25) is 0 Å². The molecule has 27 heavy (non-hydrogen) atoms. The summed E-state index contributed by atoms with van der Waals surface area (Å²) in [5.41, 5.74) is 9.01. The molecule has 0 amide bonds.